The van der Waals surface area contributed by atoms with E-state index in [1.165, 1.54) is 0 Å². The molecule has 0 aromatic rings. The number of ketones is 2. The summed E-state index contributed by atoms with van der Waals surface area (Å²) in [4.78, 5) is 38.1. The Balaban J connectivity index is 2.17. The molecule has 228 valence electrons. The lowest BCUT2D eigenvalue weighted by molar-refractivity contribution is -0.241. The van der Waals surface area contributed by atoms with Gasteiger partial charge in [0.2, 0.25) is 0 Å². The van der Waals surface area contributed by atoms with Crippen LogP contribution in [0.25, 0.3) is 0 Å². The first-order valence-corrected chi connectivity index (χ1v) is 14.9. The fourth-order valence-electron chi connectivity index (χ4n) is 6.53. The summed E-state index contributed by atoms with van der Waals surface area (Å²) in [7, 11) is 0. The van der Waals surface area contributed by atoms with Crippen LogP contribution in [0.5, 0.6) is 0 Å². The molecule has 2 unspecified atom stereocenters. The quantitative estimate of drug-likeness (QED) is 0.244. The molecule has 1 fully saturated rings. The molecule has 3 N–H and O–H groups in total. The monoisotopic (exact) mass is 564 g/mol. The summed E-state index contributed by atoms with van der Waals surface area (Å²) < 4.78 is 11.7. The highest BCUT2D eigenvalue weighted by Crippen LogP contribution is 2.45. The van der Waals surface area contributed by atoms with Crippen LogP contribution in [0.2, 0.25) is 0 Å². The lowest BCUT2D eigenvalue weighted by Gasteiger charge is -2.32. The van der Waals surface area contributed by atoms with Gasteiger partial charge in [0.1, 0.15) is 23.9 Å². The number of cyclic esters (lactones) is 1. The lowest BCUT2D eigenvalue weighted by Crippen LogP contribution is -2.42. The molecule has 10 atom stereocenters. The molecule has 40 heavy (non-hydrogen) atoms. The maximum Gasteiger partial charge on any atom is 0.311 e. The van der Waals surface area contributed by atoms with E-state index in [0.717, 1.165) is 11.1 Å². The minimum atomic E-state index is -1.93. The largest absolute Gasteiger partial charge is 0.461 e. The van der Waals surface area contributed by atoms with E-state index in [1.807, 2.05) is 46.8 Å². The van der Waals surface area contributed by atoms with E-state index in [-0.39, 0.29) is 23.4 Å². The van der Waals surface area contributed by atoms with Crippen LogP contribution < -0.4 is 0 Å². The molecule has 8 heteroatoms. The van der Waals surface area contributed by atoms with Crippen LogP contribution in [0.1, 0.15) is 101 Å². The maximum atomic E-state index is 13.1. The van der Waals surface area contributed by atoms with Gasteiger partial charge in [-0.1, -0.05) is 64.8 Å². The highest BCUT2D eigenvalue weighted by Gasteiger charge is 2.60. The number of aliphatic hydroxyl groups excluding tert-OH is 2. The second-order valence-electron chi connectivity index (χ2n) is 12.7. The minimum absolute atomic E-state index is 0.0284. The topological polar surface area (TPSA) is 130 Å². The third kappa shape index (κ3) is 7.90. The SMILES string of the molecule is CCC(=O)[C@@H](C)[C@H](O)[C@@H](C)C=C(C)C[C@@H](C)[C@@H](O)[C@@H](C)[C@H]1CC=C(C)CC2(C)OC(O)(CC(=O)O1)[C@H](CC)C2=O. The Labute approximate surface area is 240 Å². The second-order valence-corrected chi connectivity index (χ2v) is 12.7. The van der Waals surface area contributed by atoms with Crippen LogP contribution in [-0.2, 0) is 23.9 Å². The van der Waals surface area contributed by atoms with Crippen molar-refractivity contribution in [2.45, 2.75) is 131 Å². The highest BCUT2D eigenvalue weighted by atomic mass is 16.7. The van der Waals surface area contributed by atoms with Gasteiger partial charge in [0.25, 0.3) is 0 Å². The van der Waals surface area contributed by atoms with E-state index in [9.17, 15) is 29.7 Å². The Morgan fingerprint density at radius 2 is 1.75 bits per heavy atom. The van der Waals surface area contributed by atoms with E-state index in [2.05, 4.69) is 0 Å². The summed E-state index contributed by atoms with van der Waals surface area (Å²) in [6.07, 6.45) is 3.19. The molecule has 0 amide bonds. The molecule has 0 aromatic heterocycles. The van der Waals surface area contributed by atoms with Gasteiger partial charge in [-0.15, -0.1) is 0 Å². The summed E-state index contributed by atoms with van der Waals surface area (Å²) in [6, 6.07) is 0. The number of allylic oxidation sites excluding steroid dienone is 1. The summed E-state index contributed by atoms with van der Waals surface area (Å²) in [5.74, 6) is -4.83. The molecule has 2 heterocycles. The average molecular weight is 565 g/mol. The van der Waals surface area contributed by atoms with Gasteiger partial charge in [0.05, 0.1) is 18.1 Å². The number of carbonyl (C=O) groups is 3. The molecule has 1 saturated heterocycles. The smallest absolute Gasteiger partial charge is 0.311 e. The number of hydrogen-bond donors (Lipinski definition) is 3. The zero-order valence-corrected chi connectivity index (χ0v) is 25.9. The summed E-state index contributed by atoms with van der Waals surface area (Å²) >= 11 is 0. The van der Waals surface area contributed by atoms with Crippen molar-refractivity contribution in [1.82, 2.24) is 0 Å². The van der Waals surface area contributed by atoms with Crippen molar-refractivity contribution < 1.29 is 39.2 Å². The van der Waals surface area contributed by atoms with Crippen molar-refractivity contribution in [2.75, 3.05) is 0 Å². The first kappa shape index (κ1) is 34.3. The number of rotatable bonds is 11. The van der Waals surface area contributed by atoms with Gasteiger partial charge < -0.3 is 24.8 Å². The molecule has 0 spiro atoms. The molecule has 8 nitrogen and oxygen atoms in total. The molecule has 0 aromatic carbocycles. The van der Waals surface area contributed by atoms with Crippen LogP contribution >= 0.6 is 0 Å². The number of fused-ring (bicyclic) bond motifs is 2. The van der Waals surface area contributed by atoms with E-state index < -0.39 is 59.8 Å². The Morgan fingerprint density at radius 1 is 1.12 bits per heavy atom. The van der Waals surface area contributed by atoms with Crippen molar-refractivity contribution in [2.24, 2.45) is 29.6 Å². The average Bonchev–Trinajstić information content (AvgIpc) is 3.05. The molecule has 2 aliphatic rings. The van der Waals surface area contributed by atoms with E-state index in [4.69, 9.17) is 9.47 Å². The molecule has 0 aliphatic carbocycles. The number of Topliss-reactive ketones (excluding diaryl/α,β-unsaturated/α-hetero) is 2. The lowest BCUT2D eigenvalue weighted by atomic mass is 9.82. The van der Waals surface area contributed by atoms with E-state index in [1.54, 1.807) is 27.7 Å². The van der Waals surface area contributed by atoms with Gasteiger partial charge in [0.15, 0.2) is 11.6 Å². The first-order chi connectivity index (χ1) is 18.5. The van der Waals surface area contributed by atoms with Gasteiger partial charge in [-0.25, -0.2) is 0 Å². The van der Waals surface area contributed by atoms with Crippen LogP contribution in [0.4, 0.5) is 0 Å². The Kier molecular flexibility index (Phi) is 11.9. The van der Waals surface area contributed by atoms with Crippen molar-refractivity contribution in [1.29, 1.82) is 0 Å². The fraction of sp³-hybridized carbons (Fsp3) is 0.781. The second kappa shape index (κ2) is 13.9. The van der Waals surface area contributed by atoms with Crippen LogP contribution in [0, 0.1) is 29.6 Å². The van der Waals surface area contributed by atoms with Gasteiger partial charge in [-0.3, -0.25) is 14.4 Å². The Bertz CT molecular complexity index is 985. The fourth-order valence-corrected chi connectivity index (χ4v) is 6.53. The van der Waals surface area contributed by atoms with Crippen molar-refractivity contribution in [3.05, 3.63) is 23.3 Å². The zero-order valence-electron chi connectivity index (χ0n) is 25.9. The molecule has 2 rings (SSSR count). The first-order valence-electron chi connectivity index (χ1n) is 14.9. The number of esters is 1. The zero-order chi connectivity index (χ0) is 30.6. The van der Waals surface area contributed by atoms with Crippen molar-refractivity contribution in [3.8, 4) is 0 Å². The molecule has 2 bridgehead atoms. The van der Waals surface area contributed by atoms with Gasteiger partial charge >= 0.3 is 5.97 Å². The minimum Gasteiger partial charge on any atom is -0.461 e. The van der Waals surface area contributed by atoms with E-state index >= 15 is 0 Å². The molecule has 0 radical (unpaired) electrons. The normalized spacial score (nSPS) is 32.7. The van der Waals surface area contributed by atoms with Gasteiger partial charge in [-0.2, -0.15) is 0 Å². The number of aliphatic hydroxyl groups is 3. The Hall–Kier alpha value is -1.87. The molecular formula is C32H52O8. The highest BCUT2D eigenvalue weighted by molar-refractivity contribution is 5.93. The predicted octanol–water partition coefficient (Wildman–Crippen LogP) is 4.68. The molecular weight excluding hydrogens is 512 g/mol. The van der Waals surface area contributed by atoms with Crippen LogP contribution in [-0.4, -0.2) is 62.6 Å². The molecule has 2 aliphatic heterocycles. The molecule has 0 saturated carbocycles. The predicted molar refractivity (Wildman–Crippen MR) is 153 cm³/mol. The number of ether oxygens (including phenoxy) is 2. The van der Waals surface area contributed by atoms with Gasteiger partial charge in [0, 0.05) is 37.0 Å². The summed E-state index contributed by atoms with van der Waals surface area (Å²) in [5, 5.41) is 33.1. The standard InChI is InChI=1S/C32H52O8/c1-10-24-30(37)31(9)16-18(3)12-13-26(39-27(34)17-32(24,38)40-31)23(8)29(36)21(6)15-19(4)14-20(5)28(35)22(7)25(33)11-2/h12,14,20-24,26,28-29,35-36,38H,10-11,13,15-17H2,1-9H3/t20-,21+,22+,23-,24+,26+,28+,29+,31?,32?/m0/s1. The third-order valence-electron chi connectivity index (χ3n) is 8.99. The van der Waals surface area contributed by atoms with Crippen LogP contribution in [0.3, 0.4) is 0 Å². The van der Waals surface area contributed by atoms with Gasteiger partial charge in [-0.05, 0) is 39.5 Å². The van der Waals surface area contributed by atoms with E-state index in [0.29, 0.717) is 32.1 Å². The Morgan fingerprint density at radius 3 is 2.33 bits per heavy atom. The summed E-state index contributed by atoms with van der Waals surface area (Å²) in [5.41, 5.74) is 0.664. The third-order valence-corrected chi connectivity index (χ3v) is 8.99. The van der Waals surface area contributed by atoms with Crippen molar-refractivity contribution >= 4 is 17.5 Å². The summed E-state index contributed by atoms with van der Waals surface area (Å²) in [6.45, 7) is 16.5. The van der Waals surface area contributed by atoms with Crippen molar-refractivity contribution in [3.63, 3.8) is 0 Å². The van der Waals surface area contributed by atoms with Crippen LogP contribution in [0.15, 0.2) is 23.3 Å². The maximum absolute atomic E-state index is 13.1. The number of carbonyl (C=O) groups excluding carboxylic acids is 3. The number of hydrogen-bond acceptors (Lipinski definition) is 8.